The Balaban J connectivity index is 1.34. The minimum absolute atomic E-state index is 0.0464. The van der Waals surface area contributed by atoms with Crippen LogP contribution >= 0.6 is 11.3 Å². The first-order valence-corrected chi connectivity index (χ1v) is 15.5. The standard InChI is InChI=1S/C36H33N5O2S/c1-26-39-22-32(44-26)15-16-35(42)41(24-28-11-13-30(14-12-28)33-23-37-18-19-38-33)34(21-27-7-3-2-4-8-27)36(43)40-20-17-29-9-5-6-10-31(29)25-40/h2-16,18-19,22-23,34H,17,20-21,24-25H2,1H3. The highest BCUT2D eigenvalue weighted by molar-refractivity contribution is 7.12. The van der Waals surface area contributed by atoms with Crippen molar-refractivity contribution >= 4 is 29.2 Å². The largest absolute Gasteiger partial charge is 0.336 e. The monoisotopic (exact) mass is 599 g/mol. The molecule has 8 heteroatoms. The summed E-state index contributed by atoms with van der Waals surface area (Å²) in [6.07, 6.45) is 11.4. The number of amides is 2. The molecule has 1 aliphatic rings. The second-order valence-electron chi connectivity index (χ2n) is 10.9. The first kappa shape index (κ1) is 29.1. The van der Waals surface area contributed by atoms with Gasteiger partial charge in [0, 0.05) is 61.2 Å². The van der Waals surface area contributed by atoms with Gasteiger partial charge < -0.3 is 9.80 Å². The molecule has 44 heavy (non-hydrogen) atoms. The second-order valence-corrected chi connectivity index (χ2v) is 12.1. The fourth-order valence-corrected chi connectivity index (χ4v) is 6.22. The van der Waals surface area contributed by atoms with Gasteiger partial charge in [0.15, 0.2) is 0 Å². The van der Waals surface area contributed by atoms with Crippen LogP contribution < -0.4 is 0 Å². The molecule has 3 heterocycles. The summed E-state index contributed by atoms with van der Waals surface area (Å²) in [5, 5.41) is 0.930. The van der Waals surface area contributed by atoms with Crippen LogP contribution in [0.2, 0.25) is 0 Å². The van der Waals surface area contributed by atoms with Crippen molar-refractivity contribution in [3.63, 3.8) is 0 Å². The van der Waals surface area contributed by atoms with Gasteiger partial charge in [-0.15, -0.1) is 11.3 Å². The smallest absolute Gasteiger partial charge is 0.247 e. The topological polar surface area (TPSA) is 79.3 Å². The van der Waals surface area contributed by atoms with Crippen LogP contribution in [0.1, 0.15) is 32.1 Å². The molecular formula is C36H33N5O2S. The van der Waals surface area contributed by atoms with Crippen LogP contribution in [0.3, 0.4) is 0 Å². The zero-order chi connectivity index (χ0) is 30.3. The van der Waals surface area contributed by atoms with Gasteiger partial charge in [-0.05, 0) is 41.7 Å². The van der Waals surface area contributed by atoms with E-state index in [0.717, 1.165) is 44.3 Å². The molecule has 7 nitrogen and oxygen atoms in total. The molecule has 220 valence electrons. The Morgan fingerprint density at radius 3 is 2.41 bits per heavy atom. The fraction of sp³-hybridized carbons (Fsp3) is 0.194. The lowest BCUT2D eigenvalue weighted by atomic mass is 9.97. The maximum Gasteiger partial charge on any atom is 0.247 e. The Labute approximate surface area is 261 Å². The number of rotatable bonds is 9. The Morgan fingerprint density at radius 1 is 0.909 bits per heavy atom. The quantitative estimate of drug-likeness (QED) is 0.190. The summed E-state index contributed by atoms with van der Waals surface area (Å²) < 4.78 is 0. The summed E-state index contributed by atoms with van der Waals surface area (Å²) in [5.74, 6) is -0.268. The third-order valence-electron chi connectivity index (χ3n) is 7.85. The Morgan fingerprint density at radius 2 is 1.68 bits per heavy atom. The van der Waals surface area contributed by atoms with Gasteiger partial charge in [-0.3, -0.25) is 19.6 Å². The molecule has 0 spiro atoms. The van der Waals surface area contributed by atoms with Gasteiger partial charge >= 0.3 is 0 Å². The Hall–Kier alpha value is -4.95. The molecule has 5 aromatic rings. The van der Waals surface area contributed by atoms with Gasteiger partial charge in [0.25, 0.3) is 0 Å². The molecule has 0 saturated carbocycles. The molecule has 6 rings (SSSR count). The van der Waals surface area contributed by atoms with Crippen LogP contribution in [0.4, 0.5) is 0 Å². The van der Waals surface area contributed by atoms with Crippen molar-refractivity contribution in [1.82, 2.24) is 24.8 Å². The number of thiazole rings is 1. The molecule has 0 N–H and O–H groups in total. The van der Waals surface area contributed by atoms with Crippen LogP contribution in [-0.4, -0.2) is 49.2 Å². The zero-order valence-corrected chi connectivity index (χ0v) is 25.4. The average Bonchev–Trinajstić information content (AvgIpc) is 3.50. The van der Waals surface area contributed by atoms with Gasteiger partial charge in [0.2, 0.25) is 11.8 Å². The molecule has 1 atom stereocenters. The van der Waals surface area contributed by atoms with Crippen molar-refractivity contribution < 1.29 is 9.59 Å². The molecule has 2 aromatic heterocycles. The molecule has 3 aromatic carbocycles. The molecular weight excluding hydrogens is 566 g/mol. The minimum Gasteiger partial charge on any atom is -0.336 e. The van der Waals surface area contributed by atoms with E-state index in [2.05, 4.69) is 27.1 Å². The van der Waals surface area contributed by atoms with Gasteiger partial charge in [0.05, 0.1) is 16.9 Å². The number of hydrogen-bond donors (Lipinski definition) is 0. The van der Waals surface area contributed by atoms with E-state index in [1.807, 2.05) is 78.6 Å². The third kappa shape index (κ3) is 6.98. The van der Waals surface area contributed by atoms with Crippen LogP contribution in [0.5, 0.6) is 0 Å². The first-order valence-electron chi connectivity index (χ1n) is 14.7. The highest BCUT2D eigenvalue weighted by atomic mass is 32.1. The van der Waals surface area contributed by atoms with Crippen LogP contribution in [0, 0.1) is 6.92 Å². The van der Waals surface area contributed by atoms with E-state index in [9.17, 15) is 9.59 Å². The number of aromatic nitrogens is 3. The van der Waals surface area contributed by atoms with Gasteiger partial charge in [-0.25, -0.2) is 4.98 Å². The van der Waals surface area contributed by atoms with Gasteiger partial charge in [-0.1, -0.05) is 78.9 Å². The summed E-state index contributed by atoms with van der Waals surface area (Å²) in [6.45, 7) is 3.36. The number of carbonyl (C=O) groups is 2. The lowest BCUT2D eigenvalue weighted by Gasteiger charge is -2.37. The number of aryl methyl sites for hydroxylation is 1. The Bertz CT molecular complexity index is 1750. The molecule has 0 saturated heterocycles. The van der Waals surface area contributed by atoms with Crippen LogP contribution in [0.15, 0.2) is 110 Å². The van der Waals surface area contributed by atoms with Crippen LogP contribution in [0.25, 0.3) is 17.3 Å². The highest BCUT2D eigenvalue weighted by Crippen LogP contribution is 2.24. The van der Waals surface area contributed by atoms with E-state index in [1.54, 1.807) is 41.8 Å². The summed E-state index contributed by atoms with van der Waals surface area (Å²) in [5.41, 5.74) is 6.06. The normalized spacial score (nSPS) is 13.4. The average molecular weight is 600 g/mol. The maximum absolute atomic E-state index is 14.5. The number of carbonyl (C=O) groups excluding carboxylic acids is 2. The molecule has 1 unspecified atom stereocenters. The summed E-state index contributed by atoms with van der Waals surface area (Å²) in [7, 11) is 0. The van der Waals surface area contributed by atoms with Crippen LogP contribution in [-0.2, 0) is 35.5 Å². The number of benzene rings is 3. The summed E-state index contributed by atoms with van der Waals surface area (Å²) in [6, 6.07) is 25.4. The molecule has 0 aliphatic carbocycles. The van der Waals surface area contributed by atoms with Gasteiger partial charge in [-0.2, -0.15) is 0 Å². The molecule has 1 aliphatic heterocycles. The predicted octanol–water partition coefficient (Wildman–Crippen LogP) is 6.15. The van der Waals surface area contributed by atoms with E-state index in [1.165, 1.54) is 16.9 Å². The SMILES string of the molecule is Cc1ncc(C=CC(=O)N(Cc2ccc(-c3cnccn3)cc2)C(Cc2ccccc2)C(=O)N2CCc3ccccc3C2)s1. The number of hydrogen-bond acceptors (Lipinski definition) is 6. The van der Waals surface area contributed by atoms with Crippen molar-refractivity contribution in [1.29, 1.82) is 0 Å². The third-order valence-corrected chi connectivity index (χ3v) is 8.73. The molecule has 0 fully saturated rings. The summed E-state index contributed by atoms with van der Waals surface area (Å²) in [4.78, 5) is 45.9. The zero-order valence-electron chi connectivity index (χ0n) is 24.5. The van der Waals surface area contributed by atoms with Crippen molar-refractivity contribution in [2.75, 3.05) is 6.54 Å². The summed E-state index contributed by atoms with van der Waals surface area (Å²) >= 11 is 1.52. The van der Waals surface area contributed by atoms with E-state index in [0.29, 0.717) is 19.5 Å². The van der Waals surface area contributed by atoms with Crippen molar-refractivity contribution in [3.05, 3.63) is 142 Å². The van der Waals surface area contributed by atoms with E-state index in [4.69, 9.17) is 0 Å². The predicted molar refractivity (Wildman–Crippen MR) is 173 cm³/mol. The molecule has 0 radical (unpaired) electrons. The van der Waals surface area contributed by atoms with Gasteiger partial charge in [0.1, 0.15) is 6.04 Å². The fourth-order valence-electron chi connectivity index (χ4n) is 5.53. The van der Waals surface area contributed by atoms with E-state index < -0.39 is 6.04 Å². The van der Waals surface area contributed by atoms with Crippen molar-refractivity contribution in [2.24, 2.45) is 0 Å². The lowest BCUT2D eigenvalue weighted by Crippen LogP contribution is -2.52. The van der Waals surface area contributed by atoms with E-state index in [-0.39, 0.29) is 18.4 Å². The van der Waals surface area contributed by atoms with Crippen molar-refractivity contribution in [2.45, 2.75) is 38.9 Å². The minimum atomic E-state index is -0.692. The van der Waals surface area contributed by atoms with Crippen molar-refractivity contribution in [3.8, 4) is 11.3 Å². The first-order chi connectivity index (χ1) is 21.5. The number of fused-ring (bicyclic) bond motifs is 1. The highest BCUT2D eigenvalue weighted by Gasteiger charge is 2.34. The number of nitrogens with zero attached hydrogens (tertiary/aromatic N) is 5. The lowest BCUT2D eigenvalue weighted by molar-refractivity contribution is -0.144. The molecule has 2 amide bonds. The van der Waals surface area contributed by atoms with E-state index >= 15 is 0 Å². The Kier molecular flexibility index (Phi) is 8.98. The second kappa shape index (κ2) is 13.6. The maximum atomic E-state index is 14.5. The molecule has 0 bridgehead atoms.